The van der Waals surface area contributed by atoms with Crippen molar-refractivity contribution in [2.75, 3.05) is 7.11 Å². The average molecular weight is 274 g/mol. The van der Waals surface area contributed by atoms with E-state index in [4.69, 9.17) is 0 Å². The van der Waals surface area contributed by atoms with Crippen LogP contribution in [0, 0.1) is 0 Å². The van der Waals surface area contributed by atoms with Gasteiger partial charge >= 0.3 is 6.09 Å². The summed E-state index contributed by atoms with van der Waals surface area (Å²) in [7, 11) is 1.35. The highest BCUT2D eigenvalue weighted by Gasteiger charge is 2.10. The quantitative estimate of drug-likeness (QED) is 0.899. The van der Waals surface area contributed by atoms with Crippen LogP contribution in [0.25, 0.3) is 0 Å². The van der Waals surface area contributed by atoms with Crippen LogP contribution in [0.2, 0.25) is 0 Å². The molecule has 6 nitrogen and oxygen atoms in total. The largest absolute Gasteiger partial charge is 0.453 e. The zero-order valence-electron chi connectivity index (χ0n) is 11.6. The summed E-state index contributed by atoms with van der Waals surface area (Å²) in [5.41, 5.74) is 2.01. The van der Waals surface area contributed by atoms with Crippen LogP contribution >= 0.6 is 0 Å². The van der Waals surface area contributed by atoms with Crippen molar-refractivity contribution in [1.29, 1.82) is 0 Å². The van der Waals surface area contributed by atoms with Gasteiger partial charge in [0.25, 0.3) is 0 Å². The van der Waals surface area contributed by atoms with Crippen LogP contribution < -0.4 is 5.32 Å². The number of methoxy groups -OCH3 is 1. The molecule has 0 fully saturated rings. The maximum Gasteiger partial charge on any atom is 0.407 e. The van der Waals surface area contributed by atoms with E-state index in [1.807, 2.05) is 43.5 Å². The number of rotatable bonds is 5. The minimum atomic E-state index is -0.436. The highest BCUT2D eigenvalue weighted by Crippen LogP contribution is 2.04. The molecule has 1 aromatic carbocycles. The van der Waals surface area contributed by atoms with E-state index in [1.165, 1.54) is 12.7 Å². The molecule has 0 aliphatic rings. The predicted molar refractivity (Wildman–Crippen MR) is 74.3 cm³/mol. The van der Waals surface area contributed by atoms with E-state index < -0.39 is 6.09 Å². The van der Waals surface area contributed by atoms with Crippen LogP contribution in [-0.4, -0.2) is 34.2 Å². The molecule has 1 aromatic heterocycles. The number of carbonyl (C=O) groups is 1. The molecule has 0 aliphatic heterocycles. The standard InChI is InChI=1S/C14H18N4O2/c1-11(15-14(19)20-2)8-13-10-18(17-16-13)9-12-6-4-3-5-7-12/h3-7,10-11H,8-9H2,1-2H3,(H,15,19). The second kappa shape index (κ2) is 6.70. The second-order valence-corrected chi connectivity index (χ2v) is 4.63. The van der Waals surface area contributed by atoms with Gasteiger partial charge in [-0.25, -0.2) is 9.48 Å². The van der Waals surface area contributed by atoms with Crippen LogP contribution in [0.1, 0.15) is 18.2 Å². The Balaban J connectivity index is 1.90. The van der Waals surface area contributed by atoms with Gasteiger partial charge in [0, 0.05) is 18.7 Å². The van der Waals surface area contributed by atoms with Gasteiger partial charge in [-0.3, -0.25) is 0 Å². The molecule has 0 saturated carbocycles. The van der Waals surface area contributed by atoms with Crippen molar-refractivity contribution in [2.24, 2.45) is 0 Å². The normalized spacial score (nSPS) is 11.9. The maximum absolute atomic E-state index is 11.1. The number of nitrogens with zero attached hydrogens (tertiary/aromatic N) is 3. The fourth-order valence-corrected chi connectivity index (χ4v) is 1.90. The molecular formula is C14H18N4O2. The molecule has 2 aromatic rings. The summed E-state index contributed by atoms with van der Waals surface area (Å²) in [6, 6.07) is 10.0. The molecule has 1 N–H and O–H groups in total. The van der Waals surface area contributed by atoms with Gasteiger partial charge in [-0.1, -0.05) is 35.5 Å². The number of benzene rings is 1. The van der Waals surface area contributed by atoms with Crippen molar-refractivity contribution in [1.82, 2.24) is 20.3 Å². The zero-order chi connectivity index (χ0) is 14.4. The first-order valence-corrected chi connectivity index (χ1v) is 6.45. The van der Waals surface area contributed by atoms with E-state index in [9.17, 15) is 4.79 Å². The first kappa shape index (κ1) is 14.0. The molecule has 0 bridgehead atoms. The number of amides is 1. The van der Waals surface area contributed by atoms with Gasteiger partial charge in [-0.15, -0.1) is 5.10 Å². The van der Waals surface area contributed by atoms with Gasteiger partial charge in [-0.2, -0.15) is 0 Å². The number of alkyl carbamates (subject to hydrolysis) is 1. The van der Waals surface area contributed by atoms with Crippen LogP contribution in [-0.2, 0) is 17.7 Å². The summed E-state index contributed by atoms with van der Waals surface area (Å²) < 4.78 is 6.34. The molecule has 6 heteroatoms. The molecule has 1 amide bonds. The van der Waals surface area contributed by atoms with Crippen molar-refractivity contribution in [3.8, 4) is 0 Å². The summed E-state index contributed by atoms with van der Waals surface area (Å²) in [6.45, 7) is 2.58. The molecule has 1 heterocycles. The van der Waals surface area contributed by atoms with E-state index in [-0.39, 0.29) is 6.04 Å². The molecule has 0 spiro atoms. The Morgan fingerprint density at radius 1 is 1.40 bits per heavy atom. The van der Waals surface area contributed by atoms with E-state index in [0.29, 0.717) is 13.0 Å². The lowest BCUT2D eigenvalue weighted by atomic mass is 10.2. The highest BCUT2D eigenvalue weighted by atomic mass is 16.5. The molecule has 2 rings (SSSR count). The van der Waals surface area contributed by atoms with Gasteiger partial charge in [0.15, 0.2) is 0 Å². The molecule has 20 heavy (non-hydrogen) atoms. The number of ether oxygens (including phenoxy) is 1. The lowest BCUT2D eigenvalue weighted by Crippen LogP contribution is -2.33. The Bertz CT molecular complexity index is 553. The van der Waals surface area contributed by atoms with Crippen LogP contribution in [0.15, 0.2) is 36.5 Å². The van der Waals surface area contributed by atoms with Gasteiger partial charge in [0.2, 0.25) is 0 Å². The molecule has 0 saturated heterocycles. The highest BCUT2D eigenvalue weighted by molar-refractivity contribution is 5.67. The van der Waals surface area contributed by atoms with Crippen molar-refractivity contribution in [3.05, 3.63) is 47.8 Å². The molecule has 0 aliphatic carbocycles. The third-order valence-corrected chi connectivity index (χ3v) is 2.84. The van der Waals surface area contributed by atoms with Crippen LogP contribution in [0.5, 0.6) is 0 Å². The second-order valence-electron chi connectivity index (χ2n) is 4.63. The molecular weight excluding hydrogens is 256 g/mol. The van der Waals surface area contributed by atoms with Crippen molar-refractivity contribution in [3.63, 3.8) is 0 Å². The Kier molecular flexibility index (Phi) is 4.70. The van der Waals surface area contributed by atoms with Gasteiger partial charge < -0.3 is 10.1 Å². The fraction of sp³-hybridized carbons (Fsp3) is 0.357. The SMILES string of the molecule is COC(=O)NC(C)Cc1cn(Cc2ccccc2)nn1. The summed E-state index contributed by atoms with van der Waals surface area (Å²) in [4.78, 5) is 11.1. The molecule has 1 unspecified atom stereocenters. The van der Waals surface area contributed by atoms with Crippen molar-refractivity contribution < 1.29 is 9.53 Å². The topological polar surface area (TPSA) is 69.0 Å². The Morgan fingerprint density at radius 3 is 2.85 bits per heavy atom. The third-order valence-electron chi connectivity index (χ3n) is 2.84. The third kappa shape index (κ3) is 4.08. The molecule has 0 radical (unpaired) electrons. The lowest BCUT2D eigenvalue weighted by Gasteiger charge is -2.10. The Labute approximate surface area is 117 Å². The van der Waals surface area contributed by atoms with E-state index in [0.717, 1.165) is 5.69 Å². The monoisotopic (exact) mass is 274 g/mol. The minimum absolute atomic E-state index is 0.0516. The van der Waals surface area contributed by atoms with Crippen LogP contribution in [0.4, 0.5) is 4.79 Å². The van der Waals surface area contributed by atoms with E-state index in [1.54, 1.807) is 4.68 Å². The number of hydrogen-bond donors (Lipinski definition) is 1. The van der Waals surface area contributed by atoms with Gasteiger partial charge in [0.05, 0.1) is 19.3 Å². The van der Waals surface area contributed by atoms with Crippen molar-refractivity contribution in [2.45, 2.75) is 25.9 Å². The minimum Gasteiger partial charge on any atom is -0.453 e. The fourth-order valence-electron chi connectivity index (χ4n) is 1.90. The maximum atomic E-state index is 11.1. The van der Waals surface area contributed by atoms with Crippen molar-refractivity contribution >= 4 is 6.09 Å². The lowest BCUT2D eigenvalue weighted by molar-refractivity contribution is 0.167. The molecule has 1 atom stereocenters. The number of nitrogens with one attached hydrogen (secondary N) is 1. The summed E-state index contributed by atoms with van der Waals surface area (Å²) in [5.74, 6) is 0. The summed E-state index contributed by atoms with van der Waals surface area (Å²) >= 11 is 0. The first-order valence-electron chi connectivity index (χ1n) is 6.45. The Hall–Kier alpha value is -2.37. The molecule has 106 valence electrons. The smallest absolute Gasteiger partial charge is 0.407 e. The number of carbonyl (C=O) groups excluding carboxylic acids is 1. The zero-order valence-corrected chi connectivity index (χ0v) is 11.6. The van der Waals surface area contributed by atoms with E-state index >= 15 is 0 Å². The average Bonchev–Trinajstić information content (AvgIpc) is 2.86. The predicted octanol–water partition coefficient (Wildman–Crippen LogP) is 1.61. The van der Waals surface area contributed by atoms with E-state index in [2.05, 4.69) is 20.4 Å². The Morgan fingerprint density at radius 2 is 2.15 bits per heavy atom. The number of hydrogen-bond acceptors (Lipinski definition) is 4. The first-order chi connectivity index (χ1) is 9.67. The number of aromatic nitrogens is 3. The summed E-state index contributed by atoms with van der Waals surface area (Å²) in [6.07, 6.45) is 2.07. The summed E-state index contributed by atoms with van der Waals surface area (Å²) in [5, 5.41) is 10.9. The van der Waals surface area contributed by atoms with Crippen LogP contribution in [0.3, 0.4) is 0 Å². The van der Waals surface area contributed by atoms with Gasteiger partial charge in [-0.05, 0) is 12.5 Å². The van der Waals surface area contributed by atoms with Gasteiger partial charge in [0.1, 0.15) is 0 Å².